The summed E-state index contributed by atoms with van der Waals surface area (Å²) >= 11 is 0. The normalized spacial score (nSPS) is 27.5. The Hall–Kier alpha value is -2.44. The summed E-state index contributed by atoms with van der Waals surface area (Å²) in [6.07, 6.45) is 3.17. The van der Waals surface area contributed by atoms with Gasteiger partial charge < -0.3 is 4.74 Å². The van der Waals surface area contributed by atoms with Gasteiger partial charge in [-0.15, -0.1) is 0 Å². The van der Waals surface area contributed by atoms with Crippen molar-refractivity contribution in [1.29, 1.82) is 0 Å². The Balaban J connectivity index is 1.79. The molecule has 0 saturated heterocycles. The van der Waals surface area contributed by atoms with Gasteiger partial charge in [0.15, 0.2) is 5.75 Å². The minimum absolute atomic E-state index is 0.00420. The van der Waals surface area contributed by atoms with Gasteiger partial charge in [-0.2, -0.15) is 5.10 Å². The van der Waals surface area contributed by atoms with Crippen LogP contribution in [0.15, 0.2) is 23.3 Å². The first-order valence-corrected chi connectivity index (χ1v) is 8.99. The Morgan fingerprint density at radius 3 is 2.69 bits per heavy atom. The molecule has 0 unspecified atom stereocenters. The molecule has 2 saturated carbocycles. The fourth-order valence-electron chi connectivity index (χ4n) is 4.36. The fraction of sp³-hybridized carbons (Fsp3) is 0.579. The van der Waals surface area contributed by atoms with E-state index in [1.807, 2.05) is 0 Å². The third-order valence-electron chi connectivity index (χ3n) is 6.52. The predicted molar refractivity (Wildman–Crippen MR) is 98.4 cm³/mol. The van der Waals surface area contributed by atoms with Crippen molar-refractivity contribution in [2.75, 3.05) is 6.61 Å². The number of fused-ring (bicyclic) bond motifs is 2. The molecule has 1 aromatic rings. The van der Waals surface area contributed by atoms with Crippen LogP contribution in [0.1, 0.15) is 57.3 Å². The molecule has 7 heteroatoms. The molecule has 0 spiro atoms. The van der Waals surface area contributed by atoms with Gasteiger partial charge in [0.25, 0.3) is 5.91 Å². The lowest BCUT2D eigenvalue weighted by Crippen LogP contribution is -2.34. The maximum atomic E-state index is 12.4. The number of hydrogen-bond donors (Lipinski definition) is 1. The third-order valence-corrected chi connectivity index (χ3v) is 6.52. The summed E-state index contributed by atoms with van der Waals surface area (Å²) in [7, 11) is 0. The summed E-state index contributed by atoms with van der Waals surface area (Å²) in [6.45, 7) is 8.82. The highest BCUT2D eigenvalue weighted by Crippen LogP contribution is 2.63. The van der Waals surface area contributed by atoms with E-state index in [2.05, 4.69) is 31.3 Å². The van der Waals surface area contributed by atoms with Gasteiger partial charge in [0.2, 0.25) is 0 Å². The average molecular weight is 359 g/mol. The van der Waals surface area contributed by atoms with Crippen molar-refractivity contribution in [2.24, 2.45) is 21.8 Å². The molecule has 0 heterocycles. The lowest BCUT2D eigenvalue weighted by molar-refractivity contribution is -0.385. The highest BCUT2D eigenvalue weighted by atomic mass is 16.6. The first-order valence-electron chi connectivity index (χ1n) is 8.99. The summed E-state index contributed by atoms with van der Waals surface area (Å²) in [5, 5.41) is 15.6. The van der Waals surface area contributed by atoms with Crippen LogP contribution < -0.4 is 10.2 Å². The number of hydrazone groups is 1. The molecule has 26 heavy (non-hydrogen) atoms. The number of carbonyl (C=O) groups is 1. The summed E-state index contributed by atoms with van der Waals surface area (Å²) in [4.78, 5) is 23.1. The van der Waals surface area contributed by atoms with E-state index >= 15 is 0 Å². The second-order valence-corrected chi connectivity index (χ2v) is 7.87. The van der Waals surface area contributed by atoms with Crippen molar-refractivity contribution in [2.45, 2.75) is 47.0 Å². The number of nitro benzene ring substituents is 1. The van der Waals surface area contributed by atoms with E-state index in [0.717, 1.165) is 18.6 Å². The summed E-state index contributed by atoms with van der Waals surface area (Å²) in [5.41, 5.74) is 3.75. The number of nitrogens with zero attached hydrogens (tertiary/aromatic N) is 2. The zero-order valence-corrected chi connectivity index (χ0v) is 15.7. The Bertz CT molecular complexity index is 787. The molecule has 2 bridgehead atoms. The van der Waals surface area contributed by atoms with E-state index in [4.69, 9.17) is 4.74 Å². The molecule has 2 aliphatic carbocycles. The number of hydrogen-bond acceptors (Lipinski definition) is 5. The zero-order valence-electron chi connectivity index (χ0n) is 15.7. The second-order valence-electron chi connectivity index (χ2n) is 7.87. The zero-order chi connectivity index (χ0) is 19.1. The van der Waals surface area contributed by atoms with Crippen LogP contribution in [0.4, 0.5) is 5.69 Å². The molecule has 1 aromatic carbocycles. The quantitative estimate of drug-likeness (QED) is 0.637. The molecule has 0 aliphatic heterocycles. The average Bonchev–Trinajstić information content (AvgIpc) is 2.93. The van der Waals surface area contributed by atoms with E-state index in [-0.39, 0.29) is 27.8 Å². The lowest BCUT2D eigenvalue weighted by atomic mass is 9.70. The van der Waals surface area contributed by atoms with Crippen LogP contribution in [0.5, 0.6) is 5.75 Å². The molecule has 140 valence electrons. The van der Waals surface area contributed by atoms with Gasteiger partial charge in [0.1, 0.15) is 0 Å². The van der Waals surface area contributed by atoms with Crippen molar-refractivity contribution in [3.63, 3.8) is 0 Å². The van der Waals surface area contributed by atoms with Crippen LogP contribution in [0.2, 0.25) is 0 Å². The Kier molecular flexibility index (Phi) is 4.50. The Morgan fingerprint density at radius 1 is 1.42 bits per heavy atom. The largest absolute Gasteiger partial charge is 0.487 e. The fourth-order valence-corrected chi connectivity index (χ4v) is 4.36. The van der Waals surface area contributed by atoms with Crippen molar-refractivity contribution in [1.82, 2.24) is 5.43 Å². The van der Waals surface area contributed by atoms with Crippen LogP contribution in [0, 0.1) is 26.9 Å². The molecule has 3 rings (SSSR count). The maximum Gasteiger partial charge on any atom is 0.311 e. The van der Waals surface area contributed by atoms with Crippen LogP contribution in [-0.4, -0.2) is 23.1 Å². The van der Waals surface area contributed by atoms with Gasteiger partial charge in [-0.1, -0.05) is 20.8 Å². The van der Waals surface area contributed by atoms with Crippen molar-refractivity contribution >= 4 is 17.3 Å². The van der Waals surface area contributed by atoms with Crippen molar-refractivity contribution in [3.05, 3.63) is 33.9 Å². The number of benzene rings is 1. The van der Waals surface area contributed by atoms with E-state index in [1.165, 1.54) is 24.6 Å². The smallest absolute Gasteiger partial charge is 0.311 e. The molecule has 0 radical (unpaired) electrons. The summed E-state index contributed by atoms with van der Waals surface area (Å²) in [5.74, 6) is 0.297. The van der Waals surface area contributed by atoms with Gasteiger partial charge in [-0.25, -0.2) is 5.43 Å². The minimum Gasteiger partial charge on any atom is -0.487 e. The van der Waals surface area contributed by atoms with Gasteiger partial charge in [-0.3, -0.25) is 14.9 Å². The van der Waals surface area contributed by atoms with E-state index in [9.17, 15) is 14.9 Å². The number of amides is 1. The maximum absolute atomic E-state index is 12.4. The molecular formula is C19H25N3O4. The molecule has 1 N–H and O–H groups in total. The summed E-state index contributed by atoms with van der Waals surface area (Å²) < 4.78 is 5.24. The SMILES string of the molecule is CCOc1ccc(C(=O)N/N=C2/C[C@@H]3CC[C@]2(C)C3(C)C)cc1[N+](=O)[O-]. The summed E-state index contributed by atoms with van der Waals surface area (Å²) in [6, 6.07) is 4.19. The lowest BCUT2D eigenvalue weighted by Gasteiger charge is -2.34. The minimum atomic E-state index is -0.548. The molecular weight excluding hydrogens is 334 g/mol. The monoisotopic (exact) mass is 359 g/mol. The van der Waals surface area contributed by atoms with Gasteiger partial charge >= 0.3 is 5.69 Å². The molecule has 2 aliphatic rings. The Morgan fingerprint density at radius 2 is 2.15 bits per heavy atom. The first-order chi connectivity index (χ1) is 12.2. The van der Waals surface area contributed by atoms with E-state index in [0.29, 0.717) is 12.5 Å². The first kappa shape index (κ1) is 18.4. The topological polar surface area (TPSA) is 93.8 Å². The molecule has 7 nitrogen and oxygen atoms in total. The van der Waals surface area contributed by atoms with E-state index < -0.39 is 10.8 Å². The van der Waals surface area contributed by atoms with Gasteiger partial charge in [0, 0.05) is 22.8 Å². The Labute approximate surface area is 153 Å². The highest BCUT2D eigenvalue weighted by Gasteiger charge is 2.60. The van der Waals surface area contributed by atoms with Crippen LogP contribution in [0.25, 0.3) is 0 Å². The van der Waals surface area contributed by atoms with E-state index in [1.54, 1.807) is 6.92 Å². The van der Waals surface area contributed by atoms with Gasteiger partial charge in [-0.05, 0) is 49.7 Å². The van der Waals surface area contributed by atoms with Crippen molar-refractivity contribution in [3.8, 4) is 5.75 Å². The third kappa shape index (κ3) is 2.75. The van der Waals surface area contributed by atoms with Crippen LogP contribution >= 0.6 is 0 Å². The van der Waals surface area contributed by atoms with Crippen molar-refractivity contribution < 1.29 is 14.5 Å². The highest BCUT2D eigenvalue weighted by molar-refractivity contribution is 5.98. The molecule has 2 atom stereocenters. The van der Waals surface area contributed by atoms with Crippen LogP contribution in [0.3, 0.4) is 0 Å². The number of nitrogens with one attached hydrogen (secondary N) is 1. The number of nitro groups is 1. The molecule has 1 amide bonds. The standard InChI is InChI=1S/C19H25N3O4/c1-5-26-15-7-6-12(10-14(15)22(24)25)17(23)21-20-16-11-13-8-9-19(16,4)18(13,2)3/h6-7,10,13H,5,8-9,11H2,1-4H3,(H,21,23)/b20-16-/t13-,19-/m0/s1. The van der Waals surface area contributed by atoms with Crippen LogP contribution in [-0.2, 0) is 0 Å². The van der Waals surface area contributed by atoms with Gasteiger partial charge in [0.05, 0.1) is 11.5 Å². The number of carbonyl (C=O) groups excluding carboxylic acids is 1. The molecule has 0 aromatic heterocycles. The number of rotatable bonds is 5. The number of ether oxygens (including phenoxy) is 1. The second kappa shape index (κ2) is 6.37. The predicted octanol–water partition coefficient (Wildman–Crippen LogP) is 3.93. The molecule has 2 fully saturated rings.